The Kier molecular flexibility index (Phi) is 7.73. The number of piperazine rings is 1. The lowest BCUT2D eigenvalue weighted by Gasteiger charge is -2.35. The quantitative estimate of drug-likeness (QED) is 0.344. The molecule has 5 rings (SSSR count). The van der Waals surface area contributed by atoms with Crippen LogP contribution in [0.1, 0.15) is 11.1 Å². The molecule has 1 atom stereocenters. The Morgan fingerprint density at radius 2 is 1.45 bits per heavy atom. The van der Waals surface area contributed by atoms with E-state index in [4.69, 9.17) is 0 Å². The molecule has 1 saturated heterocycles. The highest BCUT2D eigenvalue weighted by atomic mass is 16.3. The van der Waals surface area contributed by atoms with E-state index in [1.807, 2.05) is 36.4 Å². The molecule has 0 aliphatic carbocycles. The molecule has 2 N–H and O–H groups in total. The fraction of sp³-hybridized carbons (Fsp3) is 0.393. The van der Waals surface area contributed by atoms with Gasteiger partial charge in [-0.25, -0.2) is 4.79 Å². The first-order valence-corrected chi connectivity index (χ1v) is 13.0. The SMILES string of the molecule is Cn1c(=O)c2c(nc(NCc3ccccc3)n2CC(O)CN2CCN(Cc3ccccc3)CC2)n(C)c1=O. The number of fused-ring (bicyclic) bond motifs is 1. The highest BCUT2D eigenvalue weighted by molar-refractivity contribution is 5.74. The number of aliphatic hydroxyl groups is 1. The maximum absolute atomic E-state index is 13.1. The lowest BCUT2D eigenvalue weighted by molar-refractivity contribution is 0.0630. The van der Waals surface area contributed by atoms with Crippen LogP contribution in [0.15, 0.2) is 70.3 Å². The zero-order chi connectivity index (χ0) is 26.6. The molecule has 10 nitrogen and oxygen atoms in total. The van der Waals surface area contributed by atoms with Gasteiger partial charge < -0.3 is 15.0 Å². The summed E-state index contributed by atoms with van der Waals surface area (Å²) in [4.78, 5) is 35.0. The van der Waals surface area contributed by atoms with E-state index in [-0.39, 0.29) is 6.54 Å². The third-order valence-corrected chi connectivity index (χ3v) is 7.22. The maximum atomic E-state index is 13.1. The molecule has 3 heterocycles. The summed E-state index contributed by atoms with van der Waals surface area (Å²) in [7, 11) is 3.07. The van der Waals surface area contributed by atoms with Gasteiger partial charge in [0, 0.05) is 59.9 Å². The lowest BCUT2D eigenvalue weighted by Crippen LogP contribution is -2.48. The van der Waals surface area contributed by atoms with Crippen molar-refractivity contribution in [2.24, 2.45) is 14.1 Å². The van der Waals surface area contributed by atoms with Crippen molar-refractivity contribution in [1.82, 2.24) is 28.5 Å². The monoisotopic (exact) mass is 517 g/mol. The molecule has 2 aromatic heterocycles. The number of hydrogen-bond donors (Lipinski definition) is 2. The summed E-state index contributed by atoms with van der Waals surface area (Å²) in [6.07, 6.45) is -0.715. The topological polar surface area (TPSA) is 101 Å². The molecule has 1 unspecified atom stereocenters. The van der Waals surface area contributed by atoms with Crippen LogP contribution in [0.2, 0.25) is 0 Å². The minimum absolute atomic E-state index is 0.186. The zero-order valence-electron chi connectivity index (χ0n) is 22.0. The van der Waals surface area contributed by atoms with Crippen molar-refractivity contribution in [1.29, 1.82) is 0 Å². The second kappa shape index (κ2) is 11.3. The summed E-state index contributed by atoms with van der Waals surface area (Å²) in [6.45, 7) is 5.70. The number of nitrogens with zero attached hydrogens (tertiary/aromatic N) is 6. The largest absolute Gasteiger partial charge is 0.390 e. The van der Waals surface area contributed by atoms with Gasteiger partial charge in [-0.15, -0.1) is 0 Å². The lowest BCUT2D eigenvalue weighted by atomic mass is 10.2. The molecular weight excluding hydrogens is 482 g/mol. The maximum Gasteiger partial charge on any atom is 0.332 e. The van der Waals surface area contributed by atoms with E-state index in [1.165, 1.54) is 17.2 Å². The average molecular weight is 518 g/mol. The molecule has 0 spiro atoms. The summed E-state index contributed by atoms with van der Waals surface area (Å²) in [5.41, 5.74) is 2.11. The molecule has 1 aliphatic heterocycles. The Balaban J connectivity index is 1.31. The highest BCUT2D eigenvalue weighted by Crippen LogP contribution is 2.18. The number of anilines is 1. The highest BCUT2D eigenvalue weighted by Gasteiger charge is 2.23. The number of hydrogen-bond acceptors (Lipinski definition) is 7. The fourth-order valence-electron chi connectivity index (χ4n) is 5.07. The van der Waals surface area contributed by atoms with Gasteiger partial charge in [-0.2, -0.15) is 4.98 Å². The Morgan fingerprint density at radius 3 is 2.11 bits per heavy atom. The van der Waals surface area contributed by atoms with E-state index in [1.54, 1.807) is 11.6 Å². The van der Waals surface area contributed by atoms with Crippen LogP contribution in [0.4, 0.5) is 5.95 Å². The number of aliphatic hydroxyl groups excluding tert-OH is 1. The van der Waals surface area contributed by atoms with E-state index in [2.05, 4.69) is 44.4 Å². The van der Waals surface area contributed by atoms with Crippen molar-refractivity contribution in [3.05, 3.63) is 92.6 Å². The summed E-state index contributed by atoms with van der Waals surface area (Å²) in [6, 6.07) is 20.3. The van der Waals surface area contributed by atoms with E-state index >= 15 is 0 Å². The van der Waals surface area contributed by atoms with Gasteiger partial charge in [0.05, 0.1) is 12.6 Å². The molecule has 2 aromatic carbocycles. The molecule has 4 aromatic rings. The van der Waals surface area contributed by atoms with Gasteiger partial charge in [0.15, 0.2) is 11.2 Å². The molecule has 10 heteroatoms. The number of nitrogens with one attached hydrogen (secondary N) is 1. The summed E-state index contributed by atoms with van der Waals surface area (Å²) < 4.78 is 4.18. The molecule has 0 amide bonds. The minimum Gasteiger partial charge on any atom is -0.390 e. The van der Waals surface area contributed by atoms with Gasteiger partial charge in [-0.05, 0) is 11.1 Å². The van der Waals surface area contributed by atoms with Crippen molar-refractivity contribution in [2.45, 2.75) is 25.7 Å². The fourth-order valence-corrected chi connectivity index (χ4v) is 5.07. The van der Waals surface area contributed by atoms with Crippen LogP contribution in [0.25, 0.3) is 11.2 Å². The van der Waals surface area contributed by atoms with Crippen molar-refractivity contribution in [3.63, 3.8) is 0 Å². The second-order valence-electron chi connectivity index (χ2n) is 9.98. The van der Waals surface area contributed by atoms with E-state index in [9.17, 15) is 14.7 Å². The van der Waals surface area contributed by atoms with Crippen LogP contribution in [-0.2, 0) is 33.7 Å². The Labute approximate surface area is 221 Å². The predicted molar refractivity (Wildman–Crippen MR) is 148 cm³/mol. The predicted octanol–water partition coefficient (Wildman–Crippen LogP) is 1.22. The Morgan fingerprint density at radius 1 is 0.842 bits per heavy atom. The van der Waals surface area contributed by atoms with Crippen LogP contribution in [-0.4, -0.2) is 72.4 Å². The molecule has 1 aliphatic rings. The molecule has 1 fully saturated rings. The summed E-state index contributed by atoms with van der Waals surface area (Å²) in [5, 5.41) is 14.4. The van der Waals surface area contributed by atoms with E-state index in [0.717, 1.165) is 42.9 Å². The molecule has 0 radical (unpaired) electrons. The number of β-amino-alcohol motifs (C(OH)–C–C–N with tert-alkyl or cyclic N) is 1. The van der Waals surface area contributed by atoms with Crippen LogP contribution >= 0.6 is 0 Å². The molecule has 200 valence electrons. The standard InChI is InChI=1S/C28H35N7O3/c1-31-25-24(26(37)32(2)28(31)38)35(27(30-25)29-17-21-9-5-3-6-10-21)20-23(36)19-34-15-13-33(14-16-34)18-22-11-7-4-8-12-22/h3-12,23,36H,13-20H2,1-2H3,(H,29,30). The molecular formula is C28H35N7O3. The third-order valence-electron chi connectivity index (χ3n) is 7.22. The smallest absolute Gasteiger partial charge is 0.332 e. The minimum atomic E-state index is -0.715. The molecule has 38 heavy (non-hydrogen) atoms. The number of aryl methyl sites for hydroxylation is 1. The molecule has 0 saturated carbocycles. The van der Waals surface area contributed by atoms with Gasteiger partial charge in [-0.1, -0.05) is 60.7 Å². The van der Waals surface area contributed by atoms with Crippen LogP contribution in [0, 0.1) is 0 Å². The molecule has 0 bridgehead atoms. The Hall–Kier alpha value is -3.73. The van der Waals surface area contributed by atoms with Crippen LogP contribution < -0.4 is 16.6 Å². The van der Waals surface area contributed by atoms with Crippen molar-refractivity contribution < 1.29 is 5.11 Å². The van der Waals surface area contributed by atoms with E-state index < -0.39 is 17.4 Å². The number of aromatic nitrogens is 4. The Bertz CT molecular complexity index is 1490. The summed E-state index contributed by atoms with van der Waals surface area (Å²) in [5.74, 6) is 0.453. The number of benzene rings is 2. The van der Waals surface area contributed by atoms with Gasteiger partial charge in [0.2, 0.25) is 5.95 Å². The number of imidazole rings is 1. The zero-order valence-corrected chi connectivity index (χ0v) is 22.0. The first kappa shape index (κ1) is 25.9. The van der Waals surface area contributed by atoms with E-state index in [0.29, 0.717) is 30.2 Å². The van der Waals surface area contributed by atoms with Gasteiger partial charge >= 0.3 is 5.69 Å². The normalized spacial score (nSPS) is 15.7. The summed E-state index contributed by atoms with van der Waals surface area (Å²) >= 11 is 0. The second-order valence-corrected chi connectivity index (χ2v) is 9.98. The number of rotatable bonds is 9. The van der Waals surface area contributed by atoms with Crippen molar-refractivity contribution in [2.75, 3.05) is 38.0 Å². The van der Waals surface area contributed by atoms with Crippen molar-refractivity contribution in [3.8, 4) is 0 Å². The van der Waals surface area contributed by atoms with Crippen molar-refractivity contribution >= 4 is 17.1 Å². The van der Waals surface area contributed by atoms with Gasteiger partial charge in [-0.3, -0.25) is 23.7 Å². The van der Waals surface area contributed by atoms with Crippen LogP contribution in [0.3, 0.4) is 0 Å². The van der Waals surface area contributed by atoms with Gasteiger partial charge in [0.1, 0.15) is 0 Å². The third kappa shape index (κ3) is 5.57. The van der Waals surface area contributed by atoms with Gasteiger partial charge in [0.25, 0.3) is 5.56 Å². The first-order chi connectivity index (χ1) is 18.4. The average Bonchev–Trinajstić information content (AvgIpc) is 3.29. The first-order valence-electron chi connectivity index (χ1n) is 13.0. The van der Waals surface area contributed by atoms with Crippen LogP contribution in [0.5, 0.6) is 0 Å².